The quantitative estimate of drug-likeness (QED) is 0.701. The Morgan fingerprint density at radius 2 is 2.00 bits per heavy atom. The topological polar surface area (TPSA) is 74.7 Å². The van der Waals surface area contributed by atoms with Crippen LogP contribution in [0.4, 0.5) is 5.69 Å². The van der Waals surface area contributed by atoms with Crippen LogP contribution < -0.4 is 10.3 Å². The van der Waals surface area contributed by atoms with Crippen LogP contribution in [0.3, 0.4) is 0 Å². The molecule has 1 aliphatic rings. The highest BCUT2D eigenvalue weighted by Gasteiger charge is 2.26. The minimum absolute atomic E-state index is 0.0928. The van der Waals surface area contributed by atoms with E-state index in [0.717, 1.165) is 32.0 Å². The van der Waals surface area contributed by atoms with E-state index in [1.54, 1.807) is 11.3 Å². The van der Waals surface area contributed by atoms with E-state index < -0.39 is 0 Å². The van der Waals surface area contributed by atoms with Crippen LogP contribution in [0.1, 0.15) is 29.0 Å². The van der Waals surface area contributed by atoms with Crippen molar-refractivity contribution < 1.29 is 9.59 Å². The maximum atomic E-state index is 12.6. The fourth-order valence-corrected chi connectivity index (χ4v) is 4.23. The number of para-hydroxylation sites is 1. The molecule has 0 unspecified atom stereocenters. The average Bonchev–Trinajstić information content (AvgIpc) is 3.13. The first kappa shape index (κ1) is 19.3. The van der Waals surface area contributed by atoms with Crippen LogP contribution in [0.15, 0.2) is 47.6 Å². The minimum Gasteiger partial charge on any atom is -0.351 e. The summed E-state index contributed by atoms with van der Waals surface area (Å²) in [5.74, 6) is -0.321. The van der Waals surface area contributed by atoms with Gasteiger partial charge in [-0.15, -0.1) is 11.3 Å². The summed E-state index contributed by atoms with van der Waals surface area (Å²) in [5, 5.41) is 9.65. The molecule has 0 aliphatic carbocycles. The predicted molar refractivity (Wildman–Crippen MR) is 116 cm³/mol. The maximum absolute atomic E-state index is 12.6. The summed E-state index contributed by atoms with van der Waals surface area (Å²) >= 11 is 1.64. The molecule has 0 saturated carbocycles. The van der Waals surface area contributed by atoms with E-state index in [-0.39, 0.29) is 18.2 Å². The van der Waals surface area contributed by atoms with Crippen molar-refractivity contribution in [3.8, 4) is 0 Å². The summed E-state index contributed by atoms with van der Waals surface area (Å²) in [4.78, 5) is 29.6. The number of nitrogens with zero attached hydrogens (tertiary/aromatic N) is 3. The zero-order valence-electron chi connectivity index (χ0n) is 16.4. The van der Waals surface area contributed by atoms with E-state index in [9.17, 15) is 9.59 Å². The van der Waals surface area contributed by atoms with Crippen molar-refractivity contribution in [2.24, 2.45) is 5.10 Å². The molecule has 0 atom stereocenters. The monoisotopic (exact) mass is 406 g/mol. The normalized spacial score (nSPS) is 14.2. The molecule has 0 fully saturated rings. The van der Waals surface area contributed by atoms with E-state index >= 15 is 0 Å². The summed E-state index contributed by atoms with van der Waals surface area (Å²) in [5.41, 5.74) is 4.09. The molecule has 4 rings (SSSR count). The summed E-state index contributed by atoms with van der Waals surface area (Å²) in [6, 6.07) is 13.9. The zero-order valence-corrected chi connectivity index (χ0v) is 17.3. The Hall–Kier alpha value is -3.06. The lowest BCUT2D eigenvalue weighted by Crippen LogP contribution is -2.39. The average molecular weight is 407 g/mol. The number of fused-ring (bicyclic) bond motifs is 1. The molecule has 2 heterocycles. The number of thiazole rings is 1. The number of hydrogen-bond acceptors (Lipinski definition) is 5. The fourth-order valence-electron chi connectivity index (χ4n) is 3.26. The Balaban J connectivity index is 1.43. The maximum Gasteiger partial charge on any atom is 0.267 e. The molecule has 1 aromatic heterocycles. The van der Waals surface area contributed by atoms with Gasteiger partial charge in [-0.3, -0.25) is 9.59 Å². The Labute approximate surface area is 173 Å². The van der Waals surface area contributed by atoms with E-state index in [4.69, 9.17) is 0 Å². The summed E-state index contributed by atoms with van der Waals surface area (Å²) in [6.07, 6.45) is 1.29. The summed E-state index contributed by atoms with van der Waals surface area (Å²) < 4.78 is 1.15. The number of rotatable bonds is 5. The highest BCUT2D eigenvalue weighted by Crippen LogP contribution is 2.25. The second-order valence-corrected chi connectivity index (χ2v) is 8.24. The molecule has 0 saturated heterocycles. The van der Waals surface area contributed by atoms with Gasteiger partial charge in [0.05, 0.1) is 20.9 Å². The molecule has 0 bridgehead atoms. The highest BCUT2D eigenvalue weighted by atomic mass is 32.1. The van der Waals surface area contributed by atoms with Gasteiger partial charge in [-0.1, -0.05) is 24.3 Å². The molecule has 3 aromatic rings. The molecular formula is C22H22N4O2S. The number of aromatic nitrogens is 1. The van der Waals surface area contributed by atoms with Crippen LogP contribution in [0.2, 0.25) is 0 Å². The summed E-state index contributed by atoms with van der Waals surface area (Å²) in [6.45, 7) is 4.38. The molecule has 0 radical (unpaired) electrons. The third-order valence-electron chi connectivity index (χ3n) is 4.85. The Kier molecular flexibility index (Phi) is 5.40. The Morgan fingerprint density at radius 3 is 2.83 bits per heavy atom. The van der Waals surface area contributed by atoms with Crippen molar-refractivity contribution in [1.82, 2.24) is 10.3 Å². The number of hydrogen-bond donors (Lipinski definition) is 1. The lowest BCUT2D eigenvalue weighted by molar-refractivity contribution is -0.118. The van der Waals surface area contributed by atoms with Crippen LogP contribution in [0, 0.1) is 13.8 Å². The van der Waals surface area contributed by atoms with Crippen molar-refractivity contribution in [2.75, 3.05) is 11.6 Å². The summed E-state index contributed by atoms with van der Waals surface area (Å²) in [7, 11) is 0. The molecule has 2 aromatic carbocycles. The van der Waals surface area contributed by atoms with Crippen LogP contribution in [0.5, 0.6) is 0 Å². The third-order valence-corrected chi connectivity index (χ3v) is 5.95. The molecule has 148 valence electrons. The first-order valence-electron chi connectivity index (χ1n) is 9.61. The van der Waals surface area contributed by atoms with Gasteiger partial charge in [0, 0.05) is 25.8 Å². The van der Waals surface area contributed by atoms with Gasteiger partial charge in [0.1, 0.15) is 5.71 Å². The first-order valence-corrected chi connectivity index (χ1v) is 10.4. The van der Waals surface area contributed by atoms with E-state index in [1.165, 1.54) is 5.01 Å². The molecule has 0 spiro atoms. The van der Waals surface area contributed by atoms with Gasteiger partial charge in [-0.05, 0) is 43.2 Å². The Bertz CT molecular complexity index is 1090. The number of carbonyl (C=O) groups excluding carboxylic acids is 2. The number of nitrogens with one attached hydrogen (secondary N) is 1. The number of amides is 2. The van der Waals surface area contributed by atoms with Gasteiger partial charge in [0.15, 0.2) is 0 Å². The lowest BCUT2D eigenvalue weighted by atomic mass is 10.1. The molecule has 6 nitrogen and oxygen atoms in total. The SMILES string of the molecule is Cc1ccc(C)c(N2N=C(C(=O)NCCc3nc4ccccc4s3)CCC2=O)c1. The first-order chi connectivity index (χ1) is 14.0. The largest absolute Gasteiger partial charge is 0.351 e. The second kappa shape index (κ2) is 8.13. The van der Waals surface area contributed by atoms with Crippen molar-refractivity contribution in [2.45, 2.75) is 33.1 Å². The minimum atomic E-state index is -0.228. The van der Waals surface area contributed by atoms with E-state index in [1.807, 2.05) is 56.3 Å². The molecule has 7 heteroatoms. The van der Waals surface area contributed by atoms with Crippen molar-refractivity contribution >= 4 is 44.8 Å². The van der Waals surface area contributed by atoms with Gasteiger partial charge in [0.25, 0.3) is 5.91 Å². The Morgan fingerprint density at radius 1 is 1.17 bits per heavy atom. The van der Waals surface area contributed by atoms with Crippen LogP contribution >= 0.6 is 11.3 Å². The number of hydrazone groups is 1. The van der Waals surface area contributed by atoms with Crippen molar-refractivity contribution in [1.29, 1.82) is 0 Å². The smallest absolute Gasteiger partial charge is 0.267 e. The number of anilines is 1. The molecule has 1 aliphatic heterocycles. The van der Waals surface area contributed by atoms with Gasteiger partial charge >= 0.3 is 0 Å². The number of carbonyl (C=O) groups is 2. The third kappa shape index (κ3) is 4.19. The second-order valence-electron chi connectivity index (χ2n) is 7.12. The van der Waals surface area contributed by atoms with E-state index in [2.05, 4.69) is 15.4 Å². The lowest BCUT2D eigenvalue weighted by Gasteiger charge is -2.24. The molecule has 1 N–H and O–H groups in total. The standard InChI is InChI=1S/C22H22N4O2S/c1-14-7-8-15(2)18(13-14)26-21(27)10-9-17(25-26)22(28)23-12-11-20-24-16-5-3-4-6-19(16)29-20/h3-8,13H,9-12H2,1-2H3,(H,23,28). The van der Waals surface area contributed by atoms with Crippen LogP contribution in [0.25, 0.3) is 10.2 Å². The predicted octanol–water partition coefficient (Wildman–Crippen LogP) is 3.75. The molecule has 29 heavy (non-hydrogen) atoms. The van der Waals surface area contributed by atoms with Gasteiger partial charge in [0.2, 0.25) is 5.91 Å². The van der Waals surface area contributed by atoms with Crippen molar-refractivity contribution in [3.05, 3.63) is 58.6 Å². The zero-order chi connectivity index (χ0) is 20.4. The number of benzene rings is 2. The van der Waals surface area contributed by atoms with E-state index in [0.29, 0.717) is 25.1 Å². The van der Waals surface area contributed by atoms with Gasteiger partial charge < -0.3 is 5.32 Å². The van der Waals surface area contributed by atoms with Crippen LogP contribution in [-0.4, -0.2) is 29.1 Å². The van der Waals surface area contributed by atoms with Crippen molar-refractivity contribution in [3.63, 3.8) is 0 Å². The molecule has 2 amide bonds. The molecular weight excluding hydrogens is 384 g/mol. The number of aryl methyl sites for hydroxylation is 2. The van der Waals surface area contributed by atoms with Crippen LogP contribution in [-0.2, 0) is 16.0 Å². The van der Waals surface area contributed by atoms with Gasteiger partial charge in [-0.25, -0.2) is 9.99 Å². The fraction of sp³-hybridized carbons (Fsp3) is 0.273. The highest BCUT2D eigenvalue weighted by molar-refractivity contribution is 7.18. The van der Waals surface area contributed by atoms with Gasteiger partial charge in [-0.2, -0.15) is 5.10 Å².